The van der Waals surface area contributed by atoms with Crippen molar-refractivity contribution in [1.82, 2.24) is 19.3 Å². The number of anilines is 1. The number of thiazole rings is 1. The molecule has 0 saturated carbocycles. The van der Waals surface area contributed by atoms with Crippen molar-refractivity contribution in [3.63, 3.8) is 0 Å². The van der Waals surface area contributed by atoms with Gasteiger partial charge in [-0.15, -0.1) is 0 Å². The number of nitrogens with one attached hydrogen (secondary N) is 1. The van der Waals surface area contributed by atoms with Gasteiger partial charge in [-0.1, -0.05) is 11.3 Å². The number of fused-ring (bicyclic) bond motifs is 1. The van der Waals surface area contributed by atoms with Gasteiger partial charge >= 0.3 is 0 Å². The fourth-order valence-electron chi connectivity index (χ4n) is 3.36. The van der Waals surface area contributed by atoms with E-state index in [0.717, 1.165) is 17.8 Å². The van der Waals surface area contributed by atoms with Crippen molar-refractivity contribution in [3.8, 4) is 5.75 Å². The van der Waals surface area contributed by atoms with Crippen molar-refractivity contribution >= 4 is 28.0 Å². The minimum atomic E-state index is -0.525. The average molecular weight is 389 g/mol. The summed E-state index contributed by atoms with van der Waals surface area (Å²) in [6, 6.07) is 4.09. The second-order valence-electron chi connectivity index (χ2n) is 6.70. The number of nitrogens with zero attached hydrogens (tertiary/aromatic N) is 4. The van der Waals surface area contributed by atoms with Gasteiger partial charge in [0.05, 0.1) is 4.88 Å². The van der Waals surface area contributed by atoms with E-state index in [-0.39, 0.29) is 18.1 Å². The monoisotopic (exact) mass is 389 g/mol. The molecule has 142 valence electrons. The molecule has 3 aromatic rings. The van der Waals surface area contributed by atoms with E-state index in [4.69, 9.17) is 4.74 Å². The predicted molar refractivity (Wildman–Crippen MR) is 100 cm³/mol. The Morgan fingerprint density at radius 2 is 2.33 bits per heavy atom. The molecular weight excluding hydrogens is 369 g/mol. The Kier molecular flexibility index (Phi) is 4.79. The molecule has 7 nitrogen and oxygen atoms in total. The average Bonchev–Trinajstić information content (AvgIpc) is 3.29. The predicted octanol–water partition coefficient (Wildman–Crippen LogP) is 2.93. The Morgan fingerprint density at radius 1 is 1.48 bits per heavy atom. The first-order chi connectivity index (χ1) is 13.0. The van der Waals surface area contributed by atoms with E-state index < -0.39 is 5.95 Å². The van der Waals surface area contributed by atoms with E-state index in [1.54, 1.807) is 6.20 Å². The van der Waals surface area contributed by atoms with E-state index >= 15 is 0 Å². The standard InChI is InChI=1S/C18H20FN5O2S/c1-11-8-13(26-14-4-3-6-23-7-5-20-17(14)23)9-24(11)10-15-16(19)22-18(27-15)21-12(2)25/h3-7,11,13H,8-10H2,1-2H3,(H,21,22,25)/t11-,13+/m0/s1. The lowest BCUT2D eigenvalue weighted by molar-refractivity contribution is -0.114. The quantitative estimate of drug-likeness (QED) is 0.726. The van der Waals surface area contributed by atoms with Gasteiger partial charge < -0.3 is 14.5 Å². The van der Waals surface area contributed by atoms with Gasteiger partial charge in [0.25, 0.3) is 0 Å². The maximum atomic E-state index is 14.1. The van der Waals surface area contributed by atoms with Gasteiger partial charge in [0.2, 0.25) is 11.9 Å². The molecule has 1 N–H and O–H groups in total. The fraction of sp³-hybridized carbons (Fsp3) is 0.389. The SMILES string of the molecule is CC(=O)Nc1nc(F)c(CN2C[C@H](Oc3cccn4ccnc34)C[C@@H]2C)s1. The number of rotatable bonds is 5. The molecule has 1 saturated heterocycles. The lowest BCUT2D eigenvalue weighted by Gasteiger charge is -2.19. The molecule has 1 aliphatic rings. The number of imidazole rings is 1. The minimum Gasteiger partial charge on any atom is -0.485 e. The highest BCUT2D eigenvalue weighted by Gasteiger charge is 2.32. The van der Waals surface area contributed by atoms with E-state index in [1.165, 1.54) is 18.3 Å². The molecule has 9 heteroatoms. The smallest absolute Gasteiger partial charge is 0.230 e. The van der Waals surface area contributed by atoms with Gasteiger partial charge in [0.1, 0.15) is 6.10 Å². The Morgan fingerprint density at radius 3 is 3.15 bits per heavy atom. The highest BCUT2D eigenvalue weighted by molar-refractivity contribution is 7.15. The summed E-state index contributed by atoms with van der Waals surface area (Å²) in [6.45, 7) is 4.62. The summed E-state index contributed by atoms with van der Waals surface area (Å²) in [5.41, 5.74) is 0.789. The first-order valence-electron chi connectivity index (χ1n) is 8.75. The van der Waals surface area contributed by atoms with Crippen LogP contribution < -0.4 is 10.1 Å². The van der Waals surface area contributed by atoms with Crippen LogP contribution in [0.2, 0.25) is 0 Å². The maximum Gasteiger partial charge on any atom is 0.230 e. The Balaban J connectivity index is 1.43. The zero-order chi connectivity index (χ0) is 19.0. The second kappa shape index (κ2) is 7.24. The molecule has 1 aliphatic heterocycles. The lowest BCUT2D eigenvalue weighted by atomic mass is 10.2. The number of likely N-dealkylation sites (tertiary alicyclic amines) is 1. The molecule has 27 heavy (non-hydrogen) atoms. The Labute approximate surface area is 159 Å². The zero-order valence-electron chi connectivity index (χ0n) is 15.1. The third-order valence-corrected chi connectivity index (χ3v) is 5.55. The lowest BCUT2D eigenvalue weighted by Crippen LogP contribution is -2.28. The van der Waals surface area contributed by atoms with E-state index in [9.17, 15) is 9.18 Å². The Bertz CT molecular complexity index is 972. The summed E-state index contributed by atoms with van der Waals surface area (Å²) in [5.74, 6) is -0.0348. The number of amides is 1. The van der Waals surface area contributed by atoms with Gasteiger partial charge in [-0.2, -0.15) is 9.37 Å². The van der Waals surface area contributed by atoms with Crippen LogP contribution in [0.5, 0.6) is 5.75 Å². The number of halogens is 1. The number of carbonyl (C=O) groups excluding carboxylic acids is 1. The molecule has 1 amide bonds. The van der Waals surface area contributed by atoms with Crippen LogP contribution >= 0.6 is 11.3 Å². The molecule has 3 aromatic heterocycles. The van der Waals surface area contributed by atoms with E-state index in [2.05, 4.69) is 27.1 Å². The zero-order valence-corrected chi connectivity index (χ0v) is 15.9. The van der Waals surface area contributed by atoms with Crippen molar-refractivity contribution < 1.29 is 13.9 Å². The van der Waals surface area contributed by atoms with E-state index in [1.807, 2.05) is 28.9 Å². The summed E-state index contributed by atoms with van der Waals surface area (Å²) in [6.07, 6.45) is 6.41. The largest absolute Gasteiger partial charge is 0.485 e. The summed E-state index contributed by atoms with van der Waals surface area (Å²) >= 11 is 1.17. The van der Waals surface area contributed by atoms with Crippen LogP contribution in [0, 0.1) is 5.95 Å². The van der Waals surface area contributed by atoms with Crippen LogP contribution in [0.4, 0.5) is 9.52 Å². The molecule has 0 bridgehead atoms. The van der Waals surface area contributed by atoms with Crippen LogP contribution in [0.25, 0.3) is 5.65 Å². The normalized spacial score (nSPS) is 20.3. The van der Waals surface area contributed by atoms with Crippen LogP contribution in [-0.4, -0.2) is 43.9 Å². The molecule has 1 fully saturated rings. The van der Waals surface area contributed by atoms with E-state index in [0.29, 0.717) is 23.1 Å². The Hall–Kier alpha value is -2.52. The molecule has 0 aliphatic carbocycles. The van der Waals surface area contributed by atoms with Crippen molar-refractivity contribution in [3.05, 3.63) is 41.5 Å². The first-order valence-corrected chi connectivity index (χ1v) is 9.56. The van der Waals surface area contributed by atoms with Crippen LogP contribution in [0.15, 0.2) is 30.7 Å². The van der Waals surface area contributed by atoms with Crippen LogP contribution in [-0.2, 0) is 11.3 Å². The summed E-state index contributed by atoms with van der Waals surface area (Å²) < 4.78 is 22.2. The van der Waals surface area contributed by atoms with Gasteiger partial charge in [-0.3, -0.25) is 9.69 Å². The summed E-state index contributed by atoms with van der Waals surface area (Å²) in [5, 5.41) is 2.83. The fourth-order valence-corrected chi connectivity index (χ4v) is 4.28. The number of ether oxygens (including phenoxy) is 1. The topological polar surface area (TPSA) is 71.8 Å². The van der Waals surface area contributed by atoms with Gasteiger partial charge in [0.15, 0.2) is 16.5 Å². The molecule has 0 aromatic carbocycles. The van der Waals surface area contributed by atoms with Gasteiger partial charge in [0, 0.05) is 51.1 Å². The molecule has 0 spiro atoms. The van der Waals surface area contributed by atoms with Crippen LogP contribution in [0.1, 0.15) is 25.1 Å². The summed E-state index contributed by atoms with van der Waals surface area (Å²) in [7, 11) is 0. The number of hydrogen-bond acceptors (Lipinski definition) is 6. The summed E-state index contributed by atoms with van der Waals surface area (Å²) in [4.78, 5) is 21.9. The van der Waals surface area contributed by atoms with Crippen molar-refractivity contribution in [2.24, 2.45) is 0 Å². The third kappa shape index (κ3) is 3.79. The number of hydrogen-bond donors (Lipinski definition) is 1. The van der Waals surface area contributed by atoms with Crippen molar-refractivity contribution in [2.45, 2.75) is 39.0 Å². The van der Waals surface area contributed by atoms with Crippen molar-refractivity contribution in [1.29, 1.82) is 0 Å². The molecule has 0 radical (unpaired) electrons. The molecule has 2 atom stereocenters. The number of aromatic nitrogens is 3. The van der Waals surface area contributed by atoms with Crippen LogP contribution in [0.3, 0.4) is 0 Å². The highest BCUT2D eigenvalue weighted by atomic mass is 32.1. The molecule has 4 heterocycles. The molecule has 0 unspecified atom stereocenters. The molecular formula is C18H20FN5O2S. The first kappa shape index (κ1) is 17.9. The highest BCUT2D eigenvalue weighted by Crippen LogP contribution is 2.29. The molecule has 4 rings (SSSR count). The minimum absolute atomic E-state index is 0.00805. The van der Waals surface area contributed by atoms with Gasteiger partial charge in [-0.05, 0) is 19.1 Å². The third-order valence-electron chi connectivity index (χ3n) is 4.62. The van der Waals surface area contributed by atoms with Crippen molar-refractivity contribution in [2.75, 3.05) is 11.9 Å². The second-order valence-corrected chi connectivity index (χ2v) is 7.78. The van der Waals surface area contributed by atoms with Gasteiger partial charge in [-0.25, -0.2) is 4.98 Å². The number of carbonyl (C=O) groups is 1. The number of pyridine rings is 1. The maximum absolute atomic E-state index is 14.1.